The molecule has 0 fully saturated rings. The van der Waals surface area contributed by atoms with Crippen molar-refractivity contribution in [3.05, 3.63) is 182 Å². The van der Waals surface area contributed by atoms with Gasteiger partial charge in [0.2, 0.25) is 11.6 Å². The van der Waals surface area contributed by atoms with Crippen molar-refractivity contribution in [3.8, 4) is 34.4 Å². The maximum absolute atomic E-state index is 5.05. The molecule has 1 aliphatic rings. The quantitative estimate of drug-likeness (QED) is 0.162. The summed E-state index contributed by atoms with van der Waals surface area (Å²) in [7, 11) is -2.69. The number of aromatic nitrogens is 5. The monoisotopic (exact) mass is 656 g/mol. The SMILES string of the molecule is c1ccc(-c2nc(-c3ccc4c(c3)c3cccc5c3n4-c3ccccc3[Si]5(c3ccccc3)c3ccccc3)nc(-[n+]3ccccc3)n2)cc1. The first-order valence-electron chi connectivity index (χ1n) is 16.9. The van der Waals surface area contributed by atoms with Crippen LogP contribution in [0.3, 0.4) is 0 Å². The maximum Gasteiger partial charge on any atom is 0.441 e. The second-order valence-electron chi connectivity index (χ2n) is 12.7. The Labute approximate surface area is 290 Å². The minimum absolute atomic E-state index is 0.576. The zero-order chi connectivity index (χ0) is 33.1. The van der Waals surface area contributed by atoms with Crippen LogP contribution in [-0.4, -0.2) is 27.6 Å². The number of hydrogen-bond acceptors (Lipinski definition) is 3. The molecule has 0 bridgehead atoms. The summed E-state index contributed by atoms with van der Waals surface area (Å²) in [6, 6.07) is 61.0. The van der Waals surface area contributed by atoms with E-state index in [9.17, 15) is 0 Å². The Bertz CT molecular complexity index is 2600. The van der Waals surface area contributed by atoms with Crippen LogP contribution in [0.4, 0.5) is 0 Å². The highest BCUT2D eigenvalue weighted by molar-refractivity contribution is 7.21. The van der Waals surface area contributed by atoms with Gasteiger partial charge in [-0.15, -0.1) is 0 Å². The van der Waals surface area contributed by atoms with Gasteiger partial charge in [-0.1, -0.05) is 121 Å². The van der Waals surface area contributed by atoms with Gasteiger partial charge in [0.1, 0.15) is 0 Å². The van der Waals surface area contributed by atoms with Gasteiger partial charge in [0.25, 0.3) is 0 Å². The van der Waals surface area contributed by atoms with E-state index in [-0.39, 0.29) is 0 Å². The lowest BCUT2D eigenvalue weighted by atomic mass is 10.1. The van der Waals surface area contributed by atoms with Crippen molar-refractivity contribution in [1.82, 2.24) is 19.5 Å². The van der Waals surface area contributed by atoms with Crippen molar-refractivity contribution in [2.24, 2.45) is 0 Å². The number of hydrogen-bond donors (Lipinski definition) is 0. The summed E-state index contributed by atoms with van der Waals surface area (Å²) >= 11 is 0. The molecule has 0 radical (unpaired) electrons. The van der Waals surface area contributed by atoms with Crippen LogP contribution in [0.2, 0.25) is 0 Å². The molecule has 0 unspecified atom stereocenters. The molecule has 0 atom stereocenters. The average molecular weight is 657 g/mol. The van der Waals surface area contributed by atoms with Gasteiger partial charge in [-0.05, 0) is 79.2 Å². The smallest absolute Gasteiger partial charge is 0.309 e. The van der Waals surface area contributed by atoms with Crippen LogP contribution in [0.1, 0.15) is 0 Å². The minimum Gasteiger partial charge on any atom is -0.309 e. The molecule has 0 saturated carbocycles. The second-order valence-corrected chi connectivity index (χ2v) is 16.4. The summed E-state index contributed by atoms with van der Waals surface area (Å²) in [5.74, 6) is 1.85. The first-order chi connectivity index (χ1) is 24.8. The average Bonchev–Trinajstić information content (AvgIpc) is 3.54. The molecule has 0 saturated heterocycles. The largest absolute Gasteiger partial charge is 0.441 e. The lowest BCUT2D eigenvalue weighted by Gasteiger charge is -2.39. The Morgan fingerprint density at radius 2 is 1.06 bits per heavy atom. The van der Waals surface area contributed by atoms with Crippen LogP contribution < -0.4 is 25.3 Å². The van der Waals surface area contributed by atoms with Gasteiger partial charge in [0, 0.05) is 27.6 Å². The highest BCUT2D eigenvalue weighted by Crippen LogP contribution is 2.37. The molecule has 0 spiro atoms. The van der Waals surface area contributed by atoms with Gasteiger partial charge in [-0.3, -0.25) is 0 Å². The second kappa shape index (κ2) is 11.3. The van der Waals surface area contributed by atoms with Crippen LogP contribution in [0, 0.1) is 0 Å². The van der Waals surface area contributed by atoms with Crippen LogP contribution >= 0.6 is 0 Å². The Balaban J connectivity index is 1.27. The van der Waals surface area contributed by atoms with E-state index in [1.165, 1.54) is 48.2 Å². The standard InChI is InChI=1S/C44H30N5Si/c1-5-16-31(17-6-1)42-45-43(47-44(46-42)48-28-13-4-14-29-48)32-26-27-37-36(30-32)35-22-15-25-40-41(35)49(37)38-23-11-12-24-39(38)50(40,33-18-7-2-8-19-33)34-20-9-3-10-21-34/h1-30H/q+1. The number of para-hydroxylation sites is 2. The zero-order valence-corrected chi connectivity index (χ0v) is 28.1. The van der Waals surface area contributed by atoms with Gasteiger partial charge in [0.05, 0.1) is 23.4 Å². The van der Waals surface area contributed by atoms with E-state index in [2.05, 4.69) is 126 Å². The fourth-order valence-corrected chi connectivity index (χ4v) is 13.0. The Morgan fingerprint density at radius 3 is 1.78 bits per heavy atom. The molecule has 3 aromatic heterocycles. The first kappa shape index (κ1) is 28.5. The molecule has 0 aliphatic carbocycles. The highest BCUT2D eigenvalue weighted by Gasteiger charge is 2.47. The van der Waals surface area contributed by atoms with E-state index in [0.717, 1.165) is 11.1 Å². The Morgan fingerprint density at radius 1 is 0.460 bits per heavy atom. The predicted molar refractivity (Wildman–Crippen MR) is 204 cm³/mol. The molecule has 9 aromatic rings. The summed E-state index contributed by atoms with van der Waals surface area (Å²) in [5, 5.41) is 7.97. The van der Waals surface area contributed by atoms with Crippen LogP contribution in [0.25, 0.3) is 56.2 Å². The molecule has 6 aromatic carbocycles. The molecule has 10 rings (SSSR count). The summed E-state index contributed by atoms with van der Waals surface area (Å²) < 4.78 is 4.43. The number of fused-ring (bicyclic) bond motifs is 5. The van der Waals surface area contributed by atoms with E-state index in [4.69, 9.17) is 15.0 Å². The van der Waals surface area contributed by atoms with Crippen molar-refractivity contribution in [2.45, 2.75) is 0 Å². The zero-order valence-electron chi connectivity index (χ0n) is 27.1. The molecule has 50 heavy (non-hydrogen) atoms. The topological polar surface area (TPSA) is 47.5 Å². The van der Waals surface area contributed by atoms with Gasteiger partial charge in [-0.2, -0.15) is 4.98 Å². The summed E-state index contributed by atoms with van der Waals surface area (Å²) in [6.45, 7) is 0. The molecule has 6 heteroatoms. The Hall–Kier alpha value is -6.50. The van der Waals surface area contributed by atoms with Crippen molar-refractivity contribution >= 4 is 50.6 Å². The normalized spacial score (nSPS) is 13.0. The van der Waals surface area contributed by atoms with Crippen molar-refractivity contribution in [1.29, 1.82) is 0 Å². The summed E-state index contributed by atoms with van der Waals surface area (Å²) in [6.07, 6.45) is 3.93. The molecule has 5 nitrogen and oxygen atoms in total. The lowest BCUT2D eigenvalue weighted by Crippen LogP contribution is -2.76. The molecule has 1 aliphatic heterocycles. The van der Waals surface area contributed by atoms with Crippen molar-refractivity contribution in [2.75, 3.05) is 0 Å². The van der Waals surface area contributed by atoms with E-state index in [1.807, 2.05) is 65.5 Å². The van der Waals surface area contributed by atoms with Crippen molar-refractivity contribution < 1.29 is 4.57 Å². The van der Waals surface area contributed by atoms with Gasteiger partial charge in [-0.25, -0.2) is 4.57 Å². The third kappa shape index (κ3) is 4.19. The van der Waals surface area contributed by atoms with Gasteiger partial charge >= 0.3 is 5.95 Å². The molecule has 234 valence electrons. The van der Waals surface area contributed by atoms with Crippen LogP contribution in [-0.2, 0) is 0 Å². The molecule has 0 amide bonds. The van der Waals surface area contributed by atoms with Gasteiger partial charge in [0.15, 0.2) is 8.07 Å². The summed E-state index contributed by atoms with van der Waals surface area (Å²) in [5.41, 5.74) is 5.58. The number of pyridine rings is 1. The summed E-state index contributed by atoms with van der Waals surface area (Å²) in [4.78, 5) is 15.0. The third-order valence-corrected chi connectivity index (χ3v) is 14.9. The van der Waals surface area contributed by atoms with Crippen LogP contribution in [0.15, 0.2) is 182 Å². The van der Waals surface area contributed by atoms with E-state index >= 15 is 0 Å². The maximum atomic E-state index is 5.05. The van der Waals surface area contributed by atoms with Gasteiger partial charge < -0.3 is 4.57 Å². The first-order valence-corrected chi connectivity index (χ1v) is 18.9. The lowest BCUT2D eigenvalue weighted by molar-refractivity contribution is -0.603. The molecular formula is C44H30N5Si+. The highest BCUT2D eigenvalue weighted by atomic mass is 28.3. The van der Waals surface area contributed by atoms with Crippen molar-refractivity contribution in [3.63, 3.8) is 0 Å². The number of benzene rings is 6. The number of rotatable bonds is 5. The van der Waals surface area contributed by atoms with E-state index < -0.39 is 8.07 Å². The fourth-order valence-electron chi connectivity index (χ4n) is 7.91. The van der Waals surface area contributed by atoms with Crippen LogP contribution in [0.5, 0.6) is 0 Å². The number of nitrogens with zero attached hydrogens (tertiary/aromatic N) is 5. The van der Waals surface area contributed by atoms with E-state index in [1.54, 1.807) is 0 Å². The predicted octanol–water partition coefficient (Wildman–Crippen LogP) is 6.27. The minimum atomic E-state index is -2.69. The molecular weight excluding hydrogens is 627 g/mol. The third-order valence-electron chi connectivity index (χ3n) is 10.0. The molecule has 4 heterocycles. The van der Waals surface area contributed by atoms with E-state index in [0.29, 0.717) is 17.6 Å². The Kier molecular flexibility index (Phi) is 6.44. The molecule has 0 N–H and O–H groups in total. The fraction of sp³-hybridized carbons (Fsp3) is 0.